The number of hydrogen-bond acceptors (Lipinski definition) is 4. The van der Waals surface area contributed by atoms with Crippen molar-refractivity contribution in [3.8, 4) is 11.3 Å². The van der Waals surface area contributed by atoms with E-state index < -0.39 is 46.6 Å². The SMILES string of the molecule is C[C@@H]1C[C@@H](N)C[C@H](c2ccncc2NC(=O)c2ccc(F)c(-c3c(F)cc(C(F)F)cc3F)n2)C1. The third-order valence-electron chi connectivity index (χ3n) is 6.15. The number of alkyl halides is 2. The van der Waals surface area contributed by atoms with Crippen LogP contribution in [0.3, 0.4) is 0 Å². The van der Waals surface area contributed by atoms with Crippen LogP contribution in [0.2, 0.25) is 0 Å². The summed E-state index contributed by atoms with van der Waals surface area (Å²) in [5.41, 5.74) is 4.51. The highest BCUT2D eigenvalue weighted by Crippen LogP contribution is 2.38. The molecular weight excluding hydrogens is 467 g/mol. The highest BCUT2D eigenvalue weighted by molar-refractivity contribution is 6.03. The lowest BCUT2D eigenvalue weighted by molar-refractivity contribution is 0.102. The first-order chi connectivity index (χ1) is 16.6. The van der Waals surface area contributed by atoms with Crippen LogP contribution in [0.5, 0.6) is 0 Å². The van der Waals surface area contributed by atoms with Gasteiger partial charge in [-0.05, 0) is 67.0 Å². The normalized spacial score (nSPS) is 20.2. The molecule has 2 heterocycles. The van der Waals surface area contributed by atoms with Crippen molar-refractivity contribution in [2.24, 2.45) is 11.7 Å². The topological polar surface area (TPSA) is 80.9 Å². The second-order valence-electron chi connectivity index (χ2n) is 8.87. The number of aromatic nitrogens is 2. The Morgan fingerprint density at radius 3 is 2.43 bits per heavy atom. The minimum Gasteiger partial charge on any atom is -0.328 e. The molecule has 0 bridgehead atoms. The fourth-order valence-corrected chi connectivity index (χ4v) is 4.65. The molecule has 0 saturated heterocycles. The molecule has 0 spiro atoms. The molecule has 1 saturated carbocycles. The zero-order valence-corrected chi connectivity index (χ0v) is 18.7. The van der Waals surface area contributed by atoms with E-state index in [0.717, 1.165) is 37.0 Å². The number of pyridine rings is 2. The molecule has 1 fully saturated rings. The number of nitrogens with zero attached hydrogens (tertiary/aromatic N) is 2. The van der Waals surface area contributed by atoms with Crippen LogP contribution < -0.4 is 11.1 Å². The Balaban J connectivity index is 1.64. The predicted molar refractivity (Wildman–Crippen MR) is 120 cm³/mol. The fourth-order valence-electron chi connectivity index (χ4n) is 4.65. The number of nitrogens with two attached hydrogens (primary N) is 1. The Labute approximate surface area is 198 Å². The van der Waals surface area contributed by atoms with Crippen LogP contribution >= 0.6 is 0 Å². The highest BCUT2D eigenvalue weighted by Gasteiger charge is 2.28. The van der Waals surface area contributed by atoms with Gasteiger partial charge in [0.05, 0.1) is 17.4 Å². The van der Waals surface area contributed by atoms with E-state index in [4.69, 9.17) is 5.73 Å². The van der Waals surface area contributed by atoms with Crippen LogP contribution in [0.4, 0.5) is 27.6 Å². The number of halogens is 5. The van der Waals surface area contributed by atoms with Crippen molar-refractivity contribution in [1.82, 2.24) is 9.97 Å². The molecule has 3 N–H and O–H groups in total. The maximum Gasteiger partial charge on any atom is 0.274 e. The van der Waals surface area contributed by atoms with Gasteiger partial charge >= 0.3 is 0 Å². The summed E-state index contributed by atoms with van der Waals surface area (Å²) in [6, 6.07) is 4.55. The Kier molecular flexibility index (Phi) is 7.11. The molecule has 184 valence electrons. The molecule has 2 aromatic heterocycles. The third-order valence-corrected chi connectivity index (χ3v) is 6.15. The second-order valence-corrected chi connectivity index (χ2v) is 8.87. The van der Waals surface area contributed by atoms with E-state index in [-0.39, 0.29) is 17.7 Å². The monoisotopic (exact) mass is 490 g/mol. The van der Waals surface area contributed by atoms with Gasteiger partial charge in [-0.2, -0.15) is 0 Å². The number of rotatable bonds is 5. The summed E-state index contributed by atoms with van der Waals surface area (Å²) in [6.45, 7) is 2.11. The van der Waals surface area contributed by atoms with Crippen molar-refractivity contribution in [3.63, 3.8) is 0 Å². The molecule has 10 heteroatoms. The van der Waals surface area contributed by atoms with Gasteiger partial charge in [0.1, 0.15) is 28.8 Å². The number of amides is 1. The van der Waals surface area contributed by atoms with E-state index >= 15 is 0 Å². The summed E-state index contributed by atoms with van der Waals surface area (Å²) in [4.78, 5) is 20.8. The minimum absolute atomic E-state index is 0.0306. The van der Waals surface area contributed by atoms with Crippen molar-refractivity contribution in [3.05, 3.63) is 77.0 Å². The Morgan fingerprint density at radius 1 is 1.06 bits per heavy atom. The summed E-state index contributed by atoms with van der Waals surface area (Å²) in [7, 11) is 0. The van der Waals surface area contributed by atoms with Gasteiger partial charge in [0.25, 0.3) is 12.3 Å². The molecule has 1 aliphatic carbocycles. The van der Waals surface area contributed by atoms with Crippen LogP contribution in [-0.2, 0) is 0 Å². The molecule has 1 aromatic carbocycles. The quantitative estimate of drug-likeness (QED) is 0.431. The second kappa shape index (κ2) is 10.1. The smallest absolute Gasteiger partial charge is 0.274 e. The number of hydrogen-bond donors (Lipinski definition) is 2. The molecule has 0 radical (unpaired) electrons. The molecule has 3 atom stereocenters. The molecule has 35 heavy (non-hydrogen) atoms. The zero-order valence-electron chi connectivity index (χ0n) is 18.7. The van der Waals surface area contributed by atoms with Crippen molar-refractivity contribution >= 4 is 11.6 Å². The molecule has 0 aliphatic heterocycles. The van der Waals surface area contributed by atoms with Gasteiger partial charge < -0.3 is 11.1 Å². The number of carbonyl (C=O) groups excluding carboxylic acids is 1. The number of carbonyl (C=O) groups is 1. The summed E-state index contributed by atoms with van der Waals surface area (Å²) in [6.07, 6.45) is 2.51. The first kappa shape index (κ1) is 24.7. The first-order valence-corrected chi connectivity index (χ1v) is 11.1. The number of benzene rings is 1. The van der Waals surface area contributed by atoms with Crippen molar-refractivity contribution < 1.29 is 26.7 Å². The predicted octanol–water partition coefficient (Wildman–Crippen LogP) is 5.98. The van der Waals surface area contributed by atoms with Crippen LogP contribution in [0, 0.1) is 23.4 Å². The summed E-state index contributed by atoms with van der Waals surface area (Å²) >= 11 is 0. The minimum atomic E-state index is -3.11. The van der Waals surface area contributed by atoms with E-state index in [9.17, 15) is 26.7 Å². The lowest BCUT2D eigenvalue weighted by Crippen LogP contribution is -2.31. The van der Waals surface area contributed by atoms with Crippen LogP contribution in [0.25, 0.3) is 11.3 Å². The largest absolute Gasteiger partial charge is 0.328 e. The fraction of sp³-hybridized carbons (Fsp3) is 0.320. The van der Waals surface area contributed by atoms with Crippen LogP contribution in [-0.4, -0.2) is 21.9 Å². The number of anilines is 1. The van der Waals surface area contributed by atoms with E-state index in [1.54, 1.807) is 12.3 Å². The van der Waals surface area contributed by atoms with Crippen molar-refractivity contribution in [1.29, 1.82) is 0 Å². The van der Waals surface area contributed by atoms with Gasteiger partial charge in [-0.15, -0.1) is 0 Å². The average molecular weight is 490 g/mol. The zero-order chi connectivity index (χ0) is 25.3. The van der Waals surface area contributed by atoms with Gasteiger partial charge in [-0.25, -0.2) is 26.9 Å². The van der Waals surface area contributed by atoms with E-state index in [1.807, 2.05) is 0 Å². The molecule has 1 amide bonds. The molecule has 5 nitrogen and oxygen atoms in total. The van der Waals surface area contributed by atoms with Crippen LogP contribution in [0.15, 0.2) is 42.7 Å². The maximum absolute atomic E-state index is 14.4. The summed E-state index contributed by atoms with van der Waals surface area (Å²) in [5.74, 6) is -4.19. The van der Waals surface area contributed by atoms with E-state index in [2.05, 4.69) is 22.2 Å². The lowest BCUT2D eigenvalue weighted by Gasteiger charge is -2.32. The maximum atomic E-state index is 14.4. The van der Waals surface area contributed by atoms with Crippen molar-refractivity contribution in [2.75, 3.05) is 5.32 Å². The van der Waals surface area contributed by atoms with Crippen molar-refractivity contribution in [2.45, 2.75) is 44.6 Å². The summed E-state index contributed by atoms with van der Waals surface area (Å²) < 4.78 is 69.0. The first-order valence-electron chi connectivity index (χ1n) is 11.1. The van der Waals surface area contributed by atoms with Gasteiger partial charge in [0.2, 0.25) is 0 Å². The van der Waals surface area contributed by atoms with Crippen LogP contribution in [0.1, 0.15) is 60.1 Å². The molecule has 0 unspecified atom stereocenters. The highest BCUT2D eigenvalue weighted by atomic mass is 19.3. The van der Waals surface area contributed by atoms with E-state index in [1.165, 1.54) is 6.20 Å². The van der Waals surface area contributed by atoms with Gasteiger partial charge in [-0.3, -0.25) is 9.78 Å². The Morgan fingerprint density at radius 2 is 1.77 bits per heavy atom. The third kappa shape index (κ3) is 5.32. The molecule has 4 rings (SSSR count). The average Bonchev–Trinajstić information content (AvgIpc) is 2.79. The van der Waals surface area contributed by atoms with E-state index in [0.29, 0.717) is 23.7 Å². The number of nitrogens with one attached hydrogen (secondary N) is 1. The Bertz CT molecular complexity index is 1220. The Hall–Kier alpha value is -3.40. The standard InChI is InChI=1S/C25H23F5N4O/c1-12-6-13(8-15(31)7-12)16-4-5-32-11-21(16)34-25(35)20-3-2-17(26)23(33-20)22-18(27)9-14(24(29)30)10-19(22)28/h2-5,9-13,15,24H,6-8,31H2,1H3,(H,34,35)/t12-,13+,15+/m0/s1. The van der Waals surface area contributed by atoms with Gasteiger partial charge in [0, 0.05) is 17.8 Å². The molecular formula is C25H23F5N4O. The molecule has 3 aromatic rings. The summed E-state index contributed by atoms with van der Waals surface area (Å²) in [5, 5.41) is 2.69. The molecule has 1 aliphatic rings. The van der Waals surface area contributed by atoms with Gasteiger partial charge in [-0.1, -0.05) is 6.92 Å². The van der Waals surface area contributed by atoms with Gasteiger partial charge in [0.15, 0.2) is 0 Å². The lowest BCUT2D eigenvalue weighted by atomic mass is 9.76.